The lowest BCUT2D eigenvalue weighted by Gasteiger charge is -2.17. The zero-order chi connectivity index (χ0) is 20.0. The molecule has 0 saturated carbocycles. The molecule has 2 rings (SSSR count). The average Bonchev–Trinajstić information content (AvgIpc) is 2.67. The Labute approximate surface area is 158 Å². The van der Waals surface area contributed by atoms with Crippen molar-refractivity contribution in [3.8, 4) is 16.9 Å². The van der Waals surface area contributed by atoms with Crippen LogP contribution in [0, 0.1) is 5.82 Å². The van der Waals surface area contributed by atoms with Crippen LogP contribution in [0.25, 0.3) is 16.8 Å². The molecule has 144 valence electrons. The summed E-state index contributed by atoms with van der Waals surface area (Å²) in [6.07, 6.45) is 0.800. The summed E-state index contributed by atoms with van der Waals surface area (Å²) in [7, 11) is 3.07. The number of nitrogen functional groups attached to an aromatic ring is 1. The second-order valence-electron chi connectivity index (χ2n) is 5.91. The minimum absolute atomic E-state index is 0.0377. The molecule has 0 aliphatic rings. The van der Waals surface area contributed by atoms with E-state index in [1.807, 2.05) is 6.92 Å². The number of benzene rings is 2. The van der Waals surface area contributed by atoms with Crippen LogP contribution in [0.5, 0.6) is 5.75 Å². The molecule has 27 heavy (non-hydrogen) atoms. The van der Waals surface area contributed by atoms with Crippen molar-refractivity contribution in [3.63, 3.8) is 0 Å². The topological polar surface area (TPSA) is 102 Å². The molecule has 0 aliphatic carbocycles. The van der Waals surface area contributed by atoms with E-state index >= 15 is 0 Å². The van der Waals surface area contributed by atoms with Gasteiger partial charge in [0.2, 0.25) is 0 Å². The van der Waals surface area contributed by atoms with Gasteiger partial charge in [-0.05, 0) is 24.1 Å². The summed E-state index contributed by atoms with van der Waals surface area (Å²) < 4.78 is 19.0. The lowest BCUT2D eigenvalue weighted by Crippen LogP contribution is -2.32. The molecule has 0 radical (unpaired) electrons. The first-order chi connectivity index (χ1) is 12.9. The molecule has 0 atom stereocenters. The minimum Gasteiger partial charge on any atom is -0.494 e. The number of ether oxygens (including phenoxy) is 1. The van der Waals surface area contributed by atoms with Crippen molar-refractivity contribution < 1.29 is 13.9 Å². The lowest BCUT2D eigenvalue weighted by molar-refractivity contribution is -0.117. The number of methoxy groups -OCH3 is 1. The van der Waals surface area contributed by atoms with E-state index in [1.54, 1.807) is 31.3 Å². The van der Waals surface area contributed by atoms with Gasteiger partial charge >= 0.3 is 0 Å². The Morgan fingerprint density at radius 2 is 2.00 bits per heavy atom. The summed E-state index contributed by atoms with van der Waals surface area (Å²) in [4.78, 5) is 12.2. The molecule has 6 nitrogen and oxygen atoms in total. The molecule has 0 unspecified atom stereocenters. The molecule has 0 bridgehead atoms. The van der Waals surface area contributed by atoms with E-state index in [0.717, 1.165) is 6.42 Å². The van der Waals surface area contributed by atoms with Gasteiger partial charge in [0.05, 0.1) is 12.8 Å². The third kappa shape index (κ3) is 4.31. The largest absolute Gasteiger partial charge is 0.494 e. The van der Waals surface area contributed by atoms with Gasteiger partial charge in [0, 0.05) is 30.4 Å². The first kappa shape index (κ1) is 20.1. The van der Waals surface area contributed by atoms with E-state index < -0.39 is 5.82 Å². The number of hydrogen-bond donors (Lipinski definition) is 4. The Morgan fingerprint density at radius 3 is 2.59 bits per heavy atom. The molecule has 0 aliphatic heterocycles. The normalized spacial score (nSPS) is 11.6. The van der Waals surface area contributed by atoms with Crippen molar-refractivity contribution in [2.45, 2.75) is 13.3 Å². The van der Waals surface area contributed by atoms with Crippen molar-refractivity contribution >= 4 is 17.3 Å². The molecule has 2 aromatic carbocycles. The van der Waals surface area contributed by atoms with Gasteiger partial charge in [-0.3, -0.25) is 4.79 Å². The average molecular weight is 372 g/mol. The molecular weight excluding hydrogens is 347 g/mol. The highest BCUT2D eigenvalue weighted by atomic mass is 19.1. The van der Waals surface area contributed by atoms with Gasteiger partial charge in [-0.15, -0.1) is 0 Å². The van der Waals surface area contributed by atoms with E-state index in [9.17, 15) is 9.18 Å². The first-order valence-corrected chi connectivity index (χ1v) is 8.63. The highest BCUT2D eigenvalue weighted by Crippen LogP contribution is 2.33. The number of nitrogens with one attached hydrogen (secondary N) is 2. The fourth-order valence-corrected chi connectivity index (χ4v) is 2.73. The van der Waals surface area contributed by atoms with E-state index in [-0.39, 0.29) is 17.4 Å². The van der Waals surface area contributed by atoms with Crippen LogP contribution in [0.1, 0.15) is 18.9 Å². The number of anilines is 1. The number of halogens is 1. The molecule has 7 heteroatoms. The molecule has 0 spiro atoms. The highest BCUT2D eigenvalue weighted by Gasteiger charge is 2.17. The zero-order valence-corrected chi connectivity index (χ0v) is 15.7. The Balaban J connectivity index is 2.52. The van der Waals surface area contributed by atoms with Crippen LogP contribution < -0.4 is 26.8 Å². The molecule has 0 fully saturated rings. The molecule has 0 heterocycles. The van der Waals surface area contributed by atoms with Crippen LogP contribution in [-0.4, -0.2) is 26.6 Å². The number of nitrogens with two attached hydrogens (primary N) is 2. The van der Waals surface area contributed by atoms with Crippen LogP contribution in [0.4, 0.5) is 10.1 Å². The number of carbonyl (C=O) groups is 1. The van der Waals surface area contributed by atoms with Gasteiger partial charge in [0.15, 0.2) is 11.6 Å². The third-order valence-corrected chi connectivity index (χ3v) is 4.14. The first-order valence-electron chi connectivity index (χ1n) is 8.63. The van der Waals surface area contributed by atoms with Gasteiger partial charge in [0.1, 0.15) is 5.70 Å². The van der Waals surface area contributed by atoms with Crippen molar-refractivity contribution in [3.05, 3.63) is 53.5 Å². The summed E-state index contributed by atoms with van der Waals surface area (Å²) >= 11 is 0. The minimum atomic E-state index is -0.484. The van der Waals surface area contributed by atoms with Crippen LogP contribution in [0.15, 0.2) is 42.1 Å². The molecule has 0 saturated heterocycles. The second kappa shape index (κ2) is 8.93. The Morgan fingerprint density at radius 1 is 1.26 bits per heavy atom. The number of para-hydroxylation sites is 1. The number of rotatable bonds is 7. The maximum atomic E-state index is 14.1. The summed E-state index contributed by atoms with van der Waals surface area (Å²) in [5.74, 6) is -0.703. The van der Waals surface area contributed by atoms with Gasteiger partial charge in [-0.1, -0.05) is 31.2 Å². The maximum Gasteiger partial charge on any atom is 0.269 e. The van der Waals surface area contributed by atoms with Crippen LogP contribution in [-0.2, 0) is 4.79 Å². The molecule has 2 aromatic rings. The number of carbonyl (C=O) groups excluding carboxylic acids is 1. The van der Waals surface area contributed by atoms with E-state index in [1.165, 1.54) is 19.2 Å². The summed E-state index contributed by atoms with van der Waals surface area (Å²) in [5.41, 5.74) is 15.0. The van der Waals surface area contributed by atoms with Crippen LogP contribution >= 0.6 is 0 Å². The summed E-state index contributed by atoms with van der Waals surface area (Å²) in [5, 5.41) is 5.68. The number of amides is 1. The fourth-order valence-electron chi connectivity index (χ4n) is 2.73. The molecular formula is C20H25FN4O2. The smallest absolute Gasteiger partial charge is 0.269 e. The predicted octanol–water partition coefficient (Wildman–Crippen LogP) is 2.46. The Hall–Kier alpha value is -3.22. The zero-order valence-electron chi connectivity index (χ0n) is 15.7. The summed E-state index contributed by atoms with van der Waals surface area (Å²) in [6.45, 7) is 2.48. The lowest BCUT2D eigenvalue weighted by atomic mass is 9.97. The van der Waals surface area contributed by atoms with Gasteiger partial charge in [-0.25, -0.2) is 4.39 Å². The second-order valence-corrected chi connectivity index (χ2v) is 5.91. The van der Waals surface area contributed by atoms with Crippen LogP contribution in [0.2, 0.25) is 0 Å². The number of hydrogen-bond acceptors (Lipinski definition) is 5. The van der Waals surface area contributed by atoms with Crippen LogP contribution in [0.3, 0.4) is 0 Å². The van der Waals surface area contributed by atoms with Crippen molar-refractivity contribution in [2.24, 2.45) is 5.73 Å². The van der Waals surface area contributed by atoms with Crippen molar-refractivity contribution in [1.29, 1.82) is 0 Å². The van der Waals surface area contributed by atoms with Crippen molar-refractivity contribution in [1.82, 2.24) is 10.6 Å². The Kier molecular flexibility index (Phi) is 6.65. The van der Waals surface area contributed by atoms with Gasteiger partial charge in [-0.2, -0.15) is 0 Å². The predicted molar refractivity (Wildman–Crippen MR) is 106 cm³/mol. The van der Waals surface area contributed by atoms with E-state index in [4.69, 9.17) is 16.2 Å². The standard InChI is InChI=1S/C20H25FN4O2/c1-4-10-25-20(26)18(23)19(24-2)14-7-5-6-13(17(14)22)12-8-9-16(27-3)15(21)11-12/h5-9,11,24H,4,10,22-23H2,1-3H3,(H,25,26)/b19-18+. The molecule has 0 aromatic heterocycles. The summed E-state index contributed by atoms with van der Waals surface area (Å²) in [6, 6.07) is 9.92. The highest BCUT2D eigenvalue weighted by molar-refractivity contribution is 6.02. The SMILES string of the molecule is CCCNC(=O)/C(N)=C(\NC)c1cccc(-c2ccc(OC)c(F)c2)c1N. The van der Waals surface area contributed by atoms with Gasteiger partial charge < -0.3 is 26.8 Å². The Bertz CT molecular complexity index is 865. The molecule has 1 amide bonds. The van der Waals surface area contributed by atoms with E-state index in [0.29, 0.717) is 34.6 Å². The van der Waals surface area contributed by atoms with Gasteiger partial charge in [0.25, 0.3) is 5.91 Å². The molecule has 6 N–H and O–H groups in total. The van der Waals surface area contributed by atoms with Crippen molar-refractivity contribution in [2.75, 3.05) is 26.4 Å². The monoisotopic (exact) mass is 372 g/mol. The fraction of sp³-hybridized carbons (Fsp3) is 0.250. The maximum absolute atomic E-state index is 14.1. The quantitative estimate of drug-likeness (QED) is 0.442. The van der Waals surface area contributed by atoms with E-state index in [2.05, 4.69) is 10.6 Å². The third-order valence-electron chi connectivity index (χ3n) is 4.14.